The normalized spacial score (nSPS) is 40.0. The number of hydrogen-bond donors (Lipinski definition) is 3. The molecule has 3 rings (SSSR count). The van der Waals surface area contributed by atoms with Gasteiger partial charge < -0.3 is 15.3 Å². The summed E-state index contributed by atoms with van der Waals surface area (Å²) in [6, 6.07) is 0. The van der Waals surface area contributed by atoms with Crippen molar-refractivity contribution < 1.29 is 15.3 Å². The number of allylic oxidation sites excluding steroid dienone is 5. The Labute approximate surface area is 189 Å². The lowest BCUT2D eigenvalue weighted by atomic mass is 9.57. The monoisotopic (exact) mass is 428 g/mol. The van der Waals surface area contributed by atoms with E-state index < -0.39 is 11.2 Å². The van der Waals surface area contributed by atoms with Crippen LogP contribution in [0.4, 0.5) is 0 Å². The van der Waals surface area contributed by atoms with E-state index in [1.165, 1.54) is 5.57 Å². The Morgan fingerprint density at radius 1 is 1.13 bits per heavy atom. The molecule has 0 bridgehead atoms. The molecule has 3 aliphatic carbocycles. The molecular weight excluding hydrogens is 384 g/mol. The molecule has 1 unspecified atom stereocenters. The van der Waals surface area contributed by atoms with Crippen LogP contribution >= 0.6 is 0 Å². The van der Waals surface area contributed by atoms with Crippen molar-refractivity contribution in [2.45, 2.75) is 103 Å². The summed E-state index contributed by atoms with van der Waals surface area (Å²) in [5.41, 5.74) is 0.908. The second-order valence-electron chi connectivity index (χ2n) is 11.3. The maximum Gasteiger partial charge on any atom is 0.109 e. The van der Waals surface area contributed by atoms with E-state index in [2.05, 4.69) is 52.5 Å². The van der Waals surface area contributed by atoms with Gasteiger partial charge in [-0.05, 0) is 81.6 Å². The molecule has 0 saturated heterocycles. The van der Waals surface area contributed by atoms with Gasteiger partial charge in [-0.3, -0.25) is 0 Å². The van der Waals surface area contributed by atoms with E-state index in [0.29, 0.717) is 24.7 Å². The third-order valence-corrected chi connectivity index (χ3v) is 8.92. The fourth-order valence-electron chi connectivity index (χ4n) is 6.18. The van der Waals surface area contributed by atoms with Gasteiger partial charge in [0.25, 0.3) is 0 Å². The highest BCUT2D eigenvalue weighted by Crippen LogP contribution is 2.62. The van der Waals surface area contributed by atoms with Crippen LogP contribution in [0, 0.1) is 23.2 Å². The second kappa shape index (κ2) is 9.00. The lowest BCUT2D eigenvalue weighted by Gasteiger charge is -2.52. The van der Waals surface area contributed by atoms with Gasteiger partial charge in [-0.25, -0.2) is 0 Å². The Balaban J connectivity index is 1.87. The maximum absolute atomic E-state index is 11.9. The van der Waals surface area contributed by atoms with E-state index in [1.54, 1.807) is 6.92 Å². The fourth-order valence-corrected chi connectivity index (χ4v) is 6.18. The number of rotatable bonds is 5. The van der Waals surface area contributed by atoms with Gasteiger partial charge in [-0.2, -0.15) is 0 Å². The number of fused-ring (bicyclic) bond motifs is 1. The number of aliphatic hydroxyl groups is 3. The van der Waals surface area contributed by atoms with Crippen molar-refractivity contribution >= 4 is 0 Å². The quantitative estimate of drug-likeness (QED) is 0.480. The third kappa shape index (κ3) is 4.51. The van der Waals surface area contributed by atoms with Crippen molar-refractivity contribution in [1.82, 2.24) is 0 Å². The molecule has 3 nitrogen and oxygen atoms in total. The third-order valence-electron chi connectivity index (χ3n) is 8.92. The first-order valence-corrected chi connectivity index (χ1v) is 12.3. The smallest absolute Gasteiger partial charge is 0.109 e. The van der Waals surface area contributed by atoms with E-state index in [0.717, 1.165) is 49.7 Å². The van der Waals surface area contributed by atoms with E-state index in [1.807, 2.05) is 6.08 Å². The van der Waals surface area contributed by atoms with Crippen molar-refractivity contribution in [1.29, 1.82) is 0 Å². The predicted molar refractivity (Wildman–Crippen MR) is 129 cm³/mol. The molecule has 3 saturated carbocycles. The highest BCUT2D eigenvalue weighted by atomic mass is 16.4. The first kappa shape index (κ1) is 24.5. The van der Waals surface area contributed by atoms with Gasteiger partial charge in [0.1, 0.15) is 11.2 Å². The van der Waals surface area contributed by atoms with Crippen molar-refractivity contribution in [2.75, 3.05) is 0 Å². The average molecular weight is 429 g/mol. The number of hydrogen-bond acceptors (Lipinski definition) is 3. The van der Waals surface area contributed by atoms with E-state index in [9.17, 15) is 15.3 Å². The second-order valence-corrected chi connectivity index (χ2v) is 11.3. The topological polar surface area (TPSA) is 60.7 Å². The highest BCUT2D eigenvalue weighted by Gasteiger charge is 2.64. The zero-order valence-electron chi connectivity index (χ0n) is 20.3. The van der Waals surface area contributed by atoms with Crippen molar-refractivity contribution in [3.8, 4) is 0 Å². The van der Waals surface area contributed by atoms with Crippen LogP contribution in [0.5, 0.6) is 0 Å². The molecule has 0 amide bonds. The Bertz CT molecular complexity index is 771. The zero-order chi connectivity index (χ0) is 23.0. The lowest BCUT2D eigenvalue weighted by molar-refractivity contribution is -0.179. The minimum Gasteiger partial charge on any atom is -0.393 e. The highest BCUT2D eigenvalue weighted by molar-refractivity contribution is 5.37. The summed E-state index contributed by atoms with van der Waals surface area (Å²) in [5.74, 6) is 1.12. The fraction of sp³-hybridized carbons (Fsp3) is 0.714. The minimum atomic E-state index is -1.26. The molecule has 0 spiro atoms. The lowest BCUT2D eigenvalue weighted by Crippen LogP contribution is -2.60. The average Bonchev–Trinajstić information content (AvgIpc) is 2.99. The van der Waals surface area contributed by atoms with Crippen molar-refractivity contribution in [3.05, 3.63) is 47.6 Å². The van der Waals surface area contributed by atoms with Gasteiger partial charge >= 0.3 is 0 Å². The molecule has 0 heterocycles. The van der Waals surface area contributed by atoms with Gasteiger partial charge in [-0.1, -0.05) is 69.7 Å². The first-order chi connectivity index (χ1) is 14.4. The van der Waals surface area contributed by atoms with Crippen LogP contribution in [0.3, 0.4) is 0 Å². The Kier molecular flexibility index (Phi) is 7.11. The zero-order valence-corrected chi connectivity index (χ0v) is 20.3. The van der Waals surface area contributed by atoms with Crippen molar-refractivity contribution in [2.24, 2.45) is 23.2 Å². The molecule has 3 fully saturated rings. The summed E-state index contributed by atoms with van der Waals surface area (Å²) in [7, 11) is 0. The summed E-state index contributed by atoms with van der Waals surface area (Å²) in [6.45, 7) is 14.7. The molecule has 31 heavy (non-hydrogen) atoms. The van der Waals surface area contributed by atoms with Gasteiger partial charge in [0, 0.05) is 5.41 Å². The van der Waals surface area contributed by atoms with Crippen molar-refractivity contribution in [3.63, 3.8) is 0 Å². The summed E-state index contributed by atoms with van der Waals surface area (Å²) >= 11 is 0. The molecule has 3 aliphatic rings. The first-order valence-electron chi connectivity index (χ1n) is 12.3. The Morgan fingerprint density at radius 3 is 2.52 bits per heavy atom. The van der Waals surface area contributed by atoms with Crippen LogP contribution in [0.25, 0.3) is 0 Å². The van der Waals surface area contributed by atoms with Crippen LogP contribution in [0.1, 0.15) is 86.0 Å². The van der Waals surface area contributed by atoms with Crippen LogP contribution in [0.15, 0.2) is 47.6 Å². The van der Waals surface area contributed by atoms with E-state index in [-0.39, 0.29) is 17.4 Å². The largest absolute Gasteiger partial charge is 0.393 e. The SMILES string of the molecule is C=C1CC[C@H](O)CC1=CC=C1CCC[C@@]2(C)C1CC[C@]2(O)[C@@](C)(O)C=C[C@H](C)C(C)C. The number of aliphatic hydroxyl groups excluding tert-OH is 1. The predicted octanol–water partition coefficient (Wildman–Crippen LogP) is 5.87. The van der Waals surface area contributed by atoms with Gasteiger partial charge in [0.05, 0.1) is 6.10 Å². The van der Waals surface area contributed by atoms with E-state index >= 15 is 0 Å². The van der Waals surface area contributed by atoms with Crippen LogP contribution in [-0.2, 0) is 0 Å². The molecule has 0 radical (unpaired) electrons. The molecule has 0 aromatic carbocycles. The van der Waals surface area contributed by atoms with Crippen LogP contribution in [-0.4, -0.2) is 32.6 Å². The summed E-state index contributed by atoms with van der Waals surface area (Å²) < 4.78 is 0. The molecule has 0 aromatic heterocycles. The molecule has 3 N–H and O–H groups in total. The molecule has 6 atom stereocenters. The molecular formula is C28H44O3. The summed E-state index contributed by atoms with van der Waals surface area (Å²) in [6.07, 6.45) is 14.9. The molecule has 0 aromatic rings. The van der Waals surface area contributed by atoms with Crippen LogP contribution < -0.4 is 0 Å². The summed E-state index contributed by atoms with van der Waals surface area (Å²) in [4.78, 5) is 0. The Morgan fingerprint density at radius 2 is 1.84 bits per heavy atom. The standard InChI is InChI=1S/C28H44O3/c1-19(2)20(3)13-16-27(6,30)28(31)17-14-25-22(8-7-15-26(25,28)5)10-11-23-18-24(29)12-9-21(23)4/h10-11,13,16,19-20,24-25,29-31H,4,7-9,12,14-15,17-18H2,1-3,5-6H3/t20-,24-,25?,26-,27-,28+/m0/s1. The van der Waals surface area contributed by atoms with Gasteiger partial charge in [0.2, 0.25) is 0 Å². The summed E-state index contributed by atoms with van der Waals surface area (Å²) in [5, 5.41) is 33.5. The molecule has 0 aliphatic heterocycles. The van der Waals surface area contributed by atoms with Crippen LogP contribution in [0.2, 0.25) is 0 Å². The van der Waals surface area contributed by atoms with E-state index in [4.69, 9.17) is 0 Å². The van der Waals surface area contributed by atoms with Gasteiger partial charge in [0.15, 0.2) is 0 Å². The molecule has 174 valence electrons. The molecule has 3 heteroatoms. The Hall–Kier alpha value is -1.16. The maximum atomic E-state index is 11.9. The minimum absolute atomic E-state index is 0.265. The van der Waals surface area contributed by atoms with Gasteiger partial charge in [-0.15, -0.1) is 0 Å².